The third kappa shape index (κ3) is 2.40. The first-order valence-corrected chi connectivity index (χ1v) is 5.90. The van der Waals surface area contributed by atoms with Crippen molar-refractivity contribution in [3.63, 3.8) is 0 Å². The zero-order chi connectivity index (χ0) is 13.0. The van der Waals surface area contributed by atoms with E-state index in [1.54, 1.807) is 0 Å². The van der Waals surface area contributed by atoms with E-state index in [2.05, 4.69) is 15.3 Å². The largest absolute Gasteiger partial charge is 0.480 e. The van der Waals surface area contributed by atoms with Crippen molar-refractivity contribution in [2.45, 2.75) is 37.6 Å². The first kappa shape index (κ1) is 12.3. The Morgan fingerprint density at radius 1 is 1.33 bits per heavy atom. The summed E-state index contributed by atoms with van der Waals surface area (Å²) in [5, 5.41) is 21.0. The molecule has 2 N–H and O–H groups in total. The maximum Gasteiger partial charge on any atom is 0.329 e. The molecule has 0 bridgehead atoms. The number of aliphatic carboxylic acids is 1. The van der Waals surface area contributed by atoms with Gasteiger partial charge in [-0.2, -0.15) is 5.26 Å². The average molecular weight is 246 g/mol. The Balaban J connectivity index is 2.18. The SMILES string of the molecule is N#Cc1cnc(NC2(C(=O)O)CCCCC2)cn1. The lowest BCUT2D eigenvalue weighted by Gasteiger charge is -2.34. The van der Waals surface area contributed by atoms with Gasteiger partial charge in [0.15, 0.2) is 5.69 Å². The molecule has 0 unspecified atom stereocenters. The summed E-state index contributed by atoms with van der Waals surface area (Å²) in [5.41, 5.74) is -0.727. The number of carboxylic acid groups (broad SMARTS) is 1. The zero-order valence-electron chi connectivity index (χ0n) is 9.89. The zero-order valence-corrected chi connectivity index (χ0v) is 9.89. The molecule has 1 aliphatic carbocycles. The Morgan fingerprint density at radius 3 is 2.56 bits per heavy atom. The summed E-state index contributed by atoms with van der Waals surface area (Å²) >= 11 is 0. The molecule has 6 nitrogen and oxygen atoms in total. The smallest absolute Gasteiger partial charge is 0.329 e. The molecule has 94 valence electrons. The van der Waals surface area contributed by atoms with E-state index in [1.165, 1.54) is 12.4 Å². The van der Waals surface area contributed by atoms with Crippen LogP contribution in [-0.4, -0.2) is 26.6 Å². The standard InChI is InChI=1S/C12H14N4O2/c13-6-9-7-15-10(8-14-9)16-12(11(17)18)4-2-1-3-5-12/h7-8H,1-5H2,(H,15,16)(H,17,18). The van der Waals surface area contributed by atoms with Crippen molar-refractivity contribution in [2.24, 2.45) is 0 Å². The highest BCUT2D eigenvalue weighted by Crippen LogP contribution is 2.31. The van der Waals surface area contributed by atoms with Crippen molar-refractivity contribution in [3.8, 4) is 6.07 Å². The Morgan fingerprint density at radius 2 is 2.06 bits per heavy atom. The van der Waals surface area contributed by atoms with Crippen molar-refractivity contribution < 1.29 is 9.90 Å². The fourth-order valence-electron chi connectivity index (χ4n) is 2.24. The molecular weight excluding hydrogens is 232 g/mol. The molecule has 0 amide bonds. The number of nitriles is 1. The normalized spacial score (nSPS) is 17.7. The minimum absolute atomic E-state index is 0.216. The summed E-state index contributed by atoms with van der Waals surface area (Å²) in [7, 11) is 0. The van der Waals surface area contributed by atoms with Gasteiger partial charge in [0.1, 0.15) is 17.4 Å². The predicted molar refractivity (Wildman–Crippen MR) is 63.8 cm³/mol. The molecule has 0 saturated heterocycles. The van der Waals surface area contributed by atoms with Crippen LogP contribution in [-0.2, 0) is 4.79 Å². The van der Waals surface area contributed by atoms with E-state index >= 15 is 0 Å². The molecule has 0 spiro atoms. The second kappa shape index (κ2) is 5.00. The fourth-order valence-corrected chi connectivity index (χ4v) is 2.24. The molecule has 2 rings (SSSR count). The number of hydrogen-bond acceptors (Lipinski definition) is 5. The van der Waals surface area contributed by atoms with Gasteiger partial charge in [0.25, 0.3) is 0 Å². The van der Waals surface area contributed by atoms with Crippen LogP contribution < -0.4 is 5.32 Å². The summed E-state index contributed by atoms with van der Waals surface area (Å²) in [6, 6.07) is 1.87. The molecule has 0 atom stereocenters. The minimum Gasteiger partial charge on any atom is -0.480 e. The molecule has 1 heterocycles. The average Bonchev–Trinajstić information content (AvgIpc) is 2.40. The van der Waals surface area contributed by atoms with Crippen LogP contribution >= 0.6 is 0 Å². The van der Waals surface area contributed by atoms with Gasteiger partial charge in [-0.25, -0.2) is 14.8 Å². The van der Waals surface area contributed by atoms with Crippen LogP contribution in [0, 0.1) is 11.3 Å². The second-order valence-electron chi connectivity index (χ2n) is 4.47. The van der Waals surface area contributed by atoms with Gasteiger partial charge in [-0.3, -0.25) is 0 Å². The van der Waals surface area contributed by atoms with E-state index in [4.69, 9.17) is 5.26 Å². The number of nitrogens with zero attached hydrogens (tertiary/aromatic N) is 3. The van der Waals surface area contributed by atoms with Gasteiger partial charge in [-0.1, -0.05) is 19.3 Å². The molecule has 1 aliphatic rings. The number of anilines is 1. The maximum atomic E-state index is 11.4. The molecule has 0 radical (unpaired) electrons. The van der Waals surface area contributed by atoms with Crippen molar-refractivity contribution in [1.82, 2.24) is 9.97 Å². The Bertz CT molecular complexity index is 472. The summed E-state index contributed by atoms with van der Waals surface area (Å²) in [6.07, 6.45) is 6.76. The Hall–Kier alpha value is -2.16. The number of hydrogen-bond donors (Lipinski definition) is 2. The maximum absolute atomic E-state index is 11.4. The highest BCUT2D eigenvalue weighted by molar-refractivity contribution is 5.82. The van der Waals surface area contributed by atoms with Crippen LogP contribution in [0.15, 0.2) is 12.4 Å². The van der Waals surface area contributed by atoms with Gasteiger partial charge < -0.3 is 10.4 Å². The second-order valence-corrected chi connectivity index (χ2v) is 4.47. The van der Waals surface area contributed by atoms with E-state index in [0.717, 1.165) is 19.3 Å². The highest BCUT2D eigenvalue weighted by atomic mass is 16.4. The lowest BCUT2D eigenvalue weighted by atomic mass is 9.81. The molecular formula is C12H14N4O2. The number of carbonyl (C=O) groups is 1. The lowest BCUT2D eigenvalue weighted by Crippen LogP contribution is -2.48. The molecule has 1 fully saturated rings. The summed E-state index contributed by atoms with van der Waals surface area (Å²) in [6.45, 7) is 0. The number of rotatable bonds is 3. The van der Waals surface area contributed by atoms with E-state index < -0.39 is 11.5 Å². The molecule has 0 aromatic carbocycles. The summed E-state index contributed by atoms with van der Waals surface area (Å²) in [4.78, 5) is 19.3. The van der Waals surface area contributed by atoms with Crippen molar-refractivity contribution in [2.75, 3.05) is 5.32 Å². The van der Waals surface area contributed by atoms with E-state index in [0.29, 0.717) is 18.7 Å². The van der Waals surface area contributed by atoms with E-state index in [-0.39, 0.29) is 5.69 Å². The molecule has 1 aromatic rings. The van der Waals surface area contributed by atoms with E-state index in [1.807, 2.05) is 6.07 Å². The Labute approximate surface area is 105 Å². The van der Waals surface area contributed by atoms with Crippen LogP contribution in [0.4, 0.5) is 5.82 Å². The van der Waals surface area contributed by atoms with Gasteiger partial charge in [0, 0.05) is 0 Å². The number of nitrogens with one attached hydrogen (secondary N) is 1. The Kier molecular flexibility index (Phi) is 3.42. The summed E-state index contributed by atoms with van der Waals surface area (Å²) in [5.74, 6) is -0.452. The molecule has 18 heavy (non-hydrogen) atoms. The third-order valence-electron chi connectivity index (χ3n) is 3.25. The summed E-state index contributed by atoms with van der Waals surface area (Å²) < 4.78 is 0. The monoisotopic (exact) mass is 246 g/mol. The minimum atomic E-state index is -0.943. The molecule has 1 aromatic heterocycles. The van der Waals surface area contributed by atoms with Gasteiger partial charge in [0.2, 0.25) is 0 Å². The van der Waals surface area contributed by atoms with Gasteiger partial charge in [-0.15, -0.1) is 0 Å². The highest BCUT2D eigenvalue weighted by Gasteiger charge is 2.39. The number of carboxylic acids is 1. The number of aromatic nitrogens is 2. The quantitative estimate of drug-likeness (QED) is 0.839. The van der Waals surface area contributed by atoms with Crippen molar-refractivity contribution in [1.29, 1.82) is 5.26 Å². The van der Waals surface area contributed by atoms with Crippen LogP contribution in [0.25, 0.3) is 0 Å². The van der Waals surface area contributed by atoms with Gasteiger partial charge >= 0.3 is 5.97 Å². The van der Waals surface area contributed by atoms with Crippen LogP contribution in [0.3, 0.4) is 0 Å². The lowest BCUT2D eigenvalue weighted by molar-refractivity contribution is -0.143. The van der Waals surface area contributed by atoms with Crippen LogP contribution in [0.1, 0.15) is 37.8 Å². The van der Waals surface area contributed by atoms with E-state index in [9.17, 15) is 9.90 Å². The van der Waals surface area contributed by atoms with Crippen LogP contribution in [0.5, 0.6) is 0 Å². The first-order valence-electron chi connectivity index (χ1n) is 5.90. The van der Waals surface area contributed by atoms with Crippen molar-refractivity contribution in [3.05, 3.63) is 18.1 Å². The van der Waals surface area contributed by atoms with Gasteiger partial charge in [0.05, 0.1) is 12.4 Å². The molecule has 1 saturated carbocycles. The predicted octanol–water partition coefficient (Wildman–Crippen LogP) is 1.55. The van der Waals surface area contributed by atoms with Crippen LogP contribution in [0.2, 0.25) is 0 Å². The van der Waals surface area contributed by atoms with Gasteiger partial charge in [-0.05, 0) is 12.8 Å². The third-order valence-corrected chi connectivity index (χ3v) is 3.25. The fraction of sp³-hybridized carbons (Fsp3) is 0.500. The topological polar surface area (TPSA) is 98.9 Å². The first-order chi connectivity index (χ1) is 8.66. The molecule has 6 heteroatoms. The molecule has 0 aliphatic heterocycles. The van der Waals surface area contributed by atoms with Crippen molar-refractivity contribution >= 4 is 11.8 Å².